The number of nitrogens with zero attached hydrogens (tertiary/aromatic N) is 2. The van der Waals surface area contributed by atoms with E-state index in [1.807, 2.05) is 4.90 Å². The highest BCUT2D eigenvalue weighted by Gasteiger charge is 2.31. The Morgan fingerprint density at radius 1 is 0.941 bits per heavy atom. The van der Waals surface area contributed by atoms with Crippen molar-refractivity contribution in [1.29, 1.82) is 0 Å². The van der Waals surface area contributed by atoms with Crippen molar-refractivity contribution in [2.45, 2.75) is 12.3 Å². The minimum Gasteiger partial charge on any atom is -0.493 e. The standard InChI is InChI=1S/C23H29F3N2O5.ClH/c1-30-20-12-19(13-21(31-2)22(20)32-3)33-15-18(29)14-27-7-9-28(10-8-27)17-6-4-5-16(11-17)23(24,25)26;/h4-6,11-13,18,29H,7-10,14-15H2,1-3H3;1H. The molecule has 3 rings (SSSR count). The molecule has 0 bridgehead atoms. The van der Waals surface area contributed by atoms with Crippen molar-refractivity contribution in [3.63, 3.8) is 0 Å². The Morgan fingerprint density at radius 2 is 1.56 bits per heavy atom. The predicted octanol–water partition coefficient (Wildman–Crippen LogP) is 3.71. The van der Waals surface area contributed by atoms with Gasteiger partial charge in [0.2, 0.25) is 5.75 Å². The third-order valence-corrected chi connectivity index (χ3v) is 5.46. The Morgan fingerprint density at radius 3 is 2.09 bits per heavy atom. The van der Waals surface area contributed by atoms with E-state index >= 15 is 0 Å². The van der Waals surface area contributed by atoms with Gasteiger partial charge in [-0.05, 0) is 18.2 Å². The molecule has 1 atom stereocenters. The lowest BCUT2D eigenvalue weighted by Gasteiger charge is -2.37. The third-order valence-electron chi connectivity index (χ3n) is 5.46. The van der Waals surface area contributed by atoms with Crippen LogP contribution in [0, 0.1) is 0 Å². The molecule has 0 radical (unpaired) electrons. The Hall–Kier alpha value is -2.56. The smallest absolute Gasteiger partial charge is 0.416 e. The highest BCUT2D eigenvalue weighted by Crippen LogP contribution is 2.40. The molecule has 7 nitrogen and oxygen atoms in total. The molecular formula is C23H30ClF3N2O5. The van der Waals surface area contributed by atoms with Crippen LogP contribution in [0.3, 0.4) is 0 Å². The summed E-state index contributed by atoms with van der Waals surface area (Å²) in [5.41, 5.74) is -0.0995. The summed E-state index contributed by atoms with van der Waals surface area (Å²) in [5.74, 6) is 1.82. The van der Waals surface area contributed by atoms with Crippen molar-refractivity contribution in [2.24, 2.45) is 0 Å². The highest BCUT2D eigenvalue weighted by atomic mass is 35.5. The number of β-amino-alcohol motifs (C(OH)–C–C–N with tert-alkyl or cyclic N) is 1. The first kappa shape index (κ1) is 27.7. The van der Waals surface area contributed by atoms with Crippen LogP contribution in [0.15, 0.2) is 36.4 Å². The molecule has 0 amide bonds. The number of alkyl halides is 3. The number of methoxy groups -OCH3 is 3. The van der Waals surface area contributed by atoms with Gasteiger partial charge in [-0.15, -0.1) is 12.4 Å². The Balaban J connectivity index is 0.00000408. The number of benzene rings is 2. The minimum atomic E-state index is -4.36. The minimum absolute atomic E-state index is 0. The maximum Gasteiger partial charge on any atom is 0.416 e. The number of rotatable bonds is 9. The summed E-state index contributed by atoms with van der Waals surface area (Å²) >= 11 is 0. The Bertz CT molecular complexity index is 899. The van der Waals surface area contributed by atoms with Gasteiger partial charge in [-0.2, -0.15) is 13.2 Å². The average Bonchev–Trinajstić information content (AvgIpc) is 2.82. The van der Waals surface area contributed by atoms with Crippen LogP contribution < -0.4 is 23.8 Å². The van der Waals surface area contributed by atoms with Crippen LogP contribution in [-0.4, -0.2) is 76.8 Å². The first-order valence-electron chi connectivity index (χ1n) is 10.5. The average molecular weight is 507 g/mol. The fourth-order valence-corrected chi connectivity index (χ4v) is 3.75. The molecule has 2 aromatic carbocycles. The topological polar surface area (TPSA) is 63.6 Å². The number of hydrogen-bond acceptors (Lipinski definition) is 7. The molecule has 2 aromatic rings. The first-order chi connectivity index (χ1) is 15.7. The normalized spacial score (nSPS) is 15.3. The summed E-state index contributed by atoms with van der Waals surface area (Å²) in [6.07, 6.45) is -5.11. The van der Waals surface area contributed by atoms with Crippen molar-refractivity contribution in [1.82, 2.24) is 4.90 Å². The summed E-state index contributed by atoms with van der Waals surface area (Å²) in [4.78, 5) is 3.98. The van der Waals surface area contributed by atoms with Crippen LogP contribution in [0.25, 0.3) is 0 Å². The van der Waals surface area contributed by atoms with Crippen LogP contribution in [0.5, 0.6) is 23.0 Å². The molecule has 1 unspecified atom stereocenters. The van der Waals surface area contributed by atoms with Gasteiger partial charge in [-0.25, -0.2) is 0 Å². The summed E-state index contributed by atoms with van der Waals surface area (Å²) in [5, 5.41) is 10.4. The molecule has 0 saturated carbocycles. The van der Waals surface area contributed by atoms with Crippen molar-refractivity contribution >= 4 is 18.1 Å². The second-order valence-corrected chi connectivity index (χ2v) is 7.66. The molecular weight excluding hydrogens is 477 g/mol. The third kappa shape index (κ3) is 6.97. The number of hydrogen-bond donors (Lipinski definition) is 1. The maximum absolute atomic E-state index is 13.0. The van der Waals surface area contributed by atoms with E-state index in [2.05, 4.69) is 4.90 Å². The zero-order chi connectivity index (χ0) is 24.0. The monoisotopic (exact) mass is 506 g/mol. The summed E-state index contributed by atoms with van der Waals surface area (Å²) < 4.78 is 60.5. The van der Waals surface area contributed by atoms with E-state index in [4.69, 9.17) is 18.9 Å². The van der Waals surface area contributed by atoms with Gasteiger partial charge in [0.25, 0.3) is 0 Å². The zero-order valence-electron chi connectivity index (χ0n) is 19.3. The number of aliphatic hydroxyl groups excluding tert-OH is 1. The van der Waals surface area contributed by atoms with Gasteiger partial charge >= 0.3 is 6.18 Å². The fourth-order valence-electron chi connectivity index (χ4n) is 3.75. The lowest BCUT2D eigenvalue weighted by atomic mass is 10.1. The first-order valence-corrected chi connectivity index (χ1v) is 10.5. The van der Waals surface area contributed by atoms with Gasteiger partial charge in [-0.1, -0.05) is 6.07 Å². The summed E-state index contributed by atoms with van der Waals surface area (Å²) in [6.45, 7) is 2.84. The lowest BCUT2D eigenvalue weighted by molar-refractivity contribution is -0.137. The van der Waals surface area contributed by atoms with Crippen LogP contribution in [0.4, 0.5) is 18.9 Å². The van der Waals surface area contributed by atoms with Gasteiger partial charge in [-0.3, -0.25) is 4.90 Å². The van der Waals surface area contributed by atoms with Crippen LogP contribution in [0.2, 0.25) is 0 Å². The van der Waals surface area contributed by atoms with Crippen LogP contribution in [-0.2, 0) is 6.18 Å². The zero-order valence-corrected chi connectivity index (χ0v) is 20.1. The summed E-state index contributed by atoms with van der Waals surface area (Å²) in [6, 6.07) is 8.67. The van der Waals surface area contributed by atoms with Crippen molar-refractivity contribution in [3.8, 4) is 23.0 Å². The largest absolute Gasteiger partial charge is 0.493 e. The quantitative estimate of drug-likeness (QED) is 0.556. The molecule has 0 aliphatic carbocycles. The molecule has 1 heterocycles. The van der Waals surface area contributed by atoms with E-state index < -0.39 is 17.8 Å². The molecule has 0 spiro atoms. The van der Waals surface area contributed by atoms with Crippen LogP contribution >= 0.6 is 12.4 Å². The lowest BCUT2D eigenvalue weighted by Crippen LogP contribution is -2.49. The molecule has 1 fully saturated rings. The number of aliphatic hydroxyl groups is 1. The van der Waals surface area contributed by atoms with Crippen LogP contribution in [0.1, 0.15) is 5.56 Å². The Kier molecular flexibility index (Phi) is 9.96. The number of halogens is 4. The fraction of sp³-hybridized carbons (Fsp3) is 0.478. The van der Waals surface area contributed by atoms with E-state index in [0.717, 1.165) is 6.07 Å². The van der Waals surface area contributed by atoms with E-state index in [1.165, 1.54) is 33.5 Å². The SMILES string of the molecule is COc1cc(OCC(O)CN2CCN(c3cccc(C(F)(F)F)c3)CC2)cc(OC)c1OC.Cl. The van der Waals surface area contributed by atoms with Gasteiger partial charge in [0.05, 0.1) is 26.9 Å². The number of anilines is 1. The molecule has 11 heteroatoms. The number of ether oxygens (including phenoxy) is 4. The van der Waals surface area contributed by atoms with Gasteiger partial charge in [0, 0.05) is 50.5 Å². The van der Waals surface area contributed by atoms with Gasteiger partial charge in [0.15, 0.2) is 11.5 Å². The van der Waals surface area contributed by atoms with Gasteiger partial charge in [0.1, 0.15) is 18.5 Å². The van der Waals surface area contributed by atoms with E-state index in [9.17, 15) is 18.3 Å². The highest BCUT2D eigenvalue weighted by molar-refractivity contribution is 5.85. The number of piperazine rings is 1. The maximum atomic E-state index is 13.0. The summed E-state index contributed by atoms with van der Waals surface area (Å²) in [7, 11) is 4.53. The van der Waals surface area contributed by atoms with E-state index in [-0.39, 0.29) is 19.0 Å². The second-order valence-electron chi connectivity index (χ2n) is 7.66. The molecule has 1 aliphatic rings. The van der Waals surface area contributed by atoms with Crippen molar-refractivity contribution in [2.75, 3.05) is 65.6 Å². The molecule has 190 valence electrons. The molecule has 0 aromatic heterocycles. The predicted molar refractivity (Wildman–Crippen MR) is 125 cm³/mol. The van der Waals surface area contributed by atoms with Crippen molar-refractivity contribution < 1.29 is 37.2 Å². The van der Waals surface area contributed by atoms with Gasteiger partial charge < -0.3 is 29.0 Å². The molecule has 1 N–H and O–H groups in total. The van der Waals surface area contributed by atoms with E-state index in [0.29, 0.717) is 61.4 Å². The van der Waals surface area contributed by atoms with E-state index in [1.54, 1.807) is 18.2 Å². The molecule has 1 saturated heterocycles. The molecule has 1 aliphatic heterocycles. The molecule has 34 heavy (non-hydrogen) atoms. The Labute approximate surface area is 203 Å². The second kappa shape index (κ2) is 12.2. The van der Waals surface area contributed by atoms with Crippen molar-refractivity contribution in [3.05, 3.63) is 42.0 Å².